The van der Waals surface area contributed by atoms with Crippen LogP contribution in [0.25, 0.3) is 0 Å². The number of rotatable bonds is 29. The molecule has 1 aliphatic rings. The first-order valence-electron chi connectivity index (χ1n) is 35.7. The zero-order chi connectivity index (χ0) is 73.8. The molecular formula is C88H137Cl2LiN4O8. The summed E-state index contributed by atoms with van der Waals surface area (Å²) in [5.41, 5.74) is 14.2. The van der Waals surface area contributed by atoms with Crippen LogP contribution in [0.15, 0.2) is 212 Å². The van der Waals surface area contributed by atoms with Crippen LogP contribution in [-0.2, 0) is 54.5 Å². The van der Waals surface area contributed by atoms with Gasteiger partial charge in [0, 0.05) is 50.3 Å². The summed E-state index contributed by atoms with van der Waals surface area (Å²) >= 11 is 4.39. The van der Waals surface area contributed by atoms with Crippen LogP contribution in [0.4, 0.5) is 4.79 Å². The Morgan fingerprint density at radius 1 is 0.505 bits per heavy atom. The summed E-state index contributed by atoms with van der Waals surface area (Å²) in [4.78, 5) is 24.6. The van der Waals surface area contributed by atoms with Crippen LogP contribution in [0, 0.1) is 53.7 Å². The van der Waals surface area contributed by atoms with Crippen molar-refractivity contribution >= 4 is 36.3 Å². The van der Waals surface area contributed by atoms with E-state index in [-0.39, 0.29) is 107 Å². The minimum absolute atomic E-state index is 0. The predicted molar refractivity (Wildman–Crippen MR) is 437 cm³/mol. The fraction of sp³-hybridized carbons (Fsp3) is 0.489. The number of amides is 2. The number of carbonyl (C=O) groups excluding carboxylic acids is 2. The summed E-state index contributed by atoms with van der Waals surface area (Å²) in [7, 11) is 0. The second kappa shape index (κ2) is 63.6. The van der Waals surface area contributed by atoms with E-state index >= 15 is 0 Å². The van der Waals surface area contributed by atoms with E-state index in [1.165, 1.54) is 38.9 Å². The Morgan fingerprint density at radius 3 is 1.11 bits per heavy atom. The average Bonchev–Trinajstić information content (AvgIpc) is 1.84. The van der Waals surface area contributed by atoms with Gasteiger partial charge >= 0.3 is 24.9 Å². The molecule has 2 amide bonds. The Morgan fingerprint density at radius 2 is 0.816 bits per heavy atom. The van der Waals surface area contributed by atoms with Crippen molar-refractivity contribution in [1.29, 1.82) is 0 Å². The molecule has 0 saturated carbocycles. The Bertz CT molecular complexity index is 2870. The number of aliphatic hydroxyl groups excluding tert-OH is 5. The summed E-state index contributed by atoms with van der Waals surface area (Å²) in [6.45, 7) is 31.0. The molecule has 0 bridgehead atoms. The predicted octanol–water partition coefficient (Wildman–Crippen LogP) is 14.5. The van der Waals surface area contributed by atoms with Gasteiger partial charge in [0.1, 0.15) is 6.29 Å². The Labute approximate surface area is 649 Å². The maximum atomic E-state index is 12.5. The molecule has 9 N–H and O–H groups in total. The van der Waals surface area contributed by atoms with E-state index in [1.807, 2.05) is 182 Å². The monoisotopic (exact) mass is 1450 g/mol. The van der Waals surface area contributed by atoms with Crippen molar-refractivity contribution in [3.8, 4) is 0 Å². The van der Waals surface area contributed by atoms with Crippen molar-refractivity contribution < 1.29 is 58.7 Å². The summed E-state index contributed by atoms with van der Waals surface area (Å²) < 4.78 is 5.24. The summed E-state index contributed by atoms with van der Waals surface area (Å²) in [5, 5.41) is 53.2. The zero-order valence-corrected chi connectivity index (χ0v) is 65.4. The number of epoxide rings is 1. The molecule has 0 unspecified atom stereocenters. The van der Waals surface area contributed by atoms with Crippen LogP contribution in [0.2, 0.25) is 0 Å². The fourth-order valence-electron chi connectivity index (χ4n) is 10.1. The number of nitrogens with one attached hydrogen (secondary N) is 2. The summed E-state index contributed by atoms with van der Waals surface area (Å²) in [6, 6.07) is 71.3. The van der Waals surface area contributed by atoms with E-state index in [1.54, 1.807) is 4.90 Å². The van der Waals surface area contributed by atoms with Crippen LogP contribution in [0.5, 0.6) is 0 Å². The topological polar surface area (TPSA) is 201 Å². The van der Waals surface area contributed by atoms with Gasteiger partial charge in [-0.05, 0) is 153 Å². The number of nitrogens with zero attached hydrogens (tertiary/aromatic N) is 1. The molecule has 1 fully saturated rings. The van der Waals surface area contributed by atoms with Gasteiger partial charge in [0.25, 0.3) is 0 Å². The molecule has 0 spiro atoms. The first kappa shape index (κ1) is 104. The normalized spacial score (nSPS) is 14.1. The van der Waals surface area contributed by atoms with Gasteiger partial charge in [-0.25, -0.2) is 4.79 Å². The maximum Gasteiger partial charge on any atom is 1.00 e. The number of carbonyl (C=O) groups is 2. The van der Waals surface area contributed by atoms with Gasteiger partial charge in [-0.2, -0.15) is 0 Å². The van der Waals surface area contributed by atoms with Gasteiger partial charge in [0.2, 0.25) is 0 Å². The maximum absolute atomic E-state index is 12.5. The smallest absolute Gasteiger partial charge is 0.396 e. The van der Waals surface area contributed by atoms with E-state index in [0.29, 0.717) is 55.3 Å². The van der Waals surface area contributed by atoms with Gasteiger partial charge in [-0.1, -0.05) is 296 Å². The fourth-order valence-corrected chi connectivity index (χ4v) is 10.1. The van der Waals surface area contributed by atoms with Crippen LogP contribution < -0.4 is 35.2 Å². The number of hydrogen-bond donors (Lipinski definition) is 8. The van der Waals surface area contributed by atoms with Crippen molar-refractivity contribution in [2.24, 2.45) is 53.1 Å². The number of benzene rings is 7. The number of nitrogens with two attached hydrogens (primary N) is 1. The average molecular weight is 1460 g/mol. The number of aldehydes is 1. The minimum Gasteiger partial charge on any atom is -0.396 e. The summed E-state index contributed by atoms with van der Waals surface area (Å²) in [5.74, 6) is 2.92. The van der Waals surface area contributed by atoms with Crippen molar-refractivity contribution in [2.45, 2.75) is 180 Å². The van der Waals surface area contributed by atoms with Gasteiger partial charge in [0.05, 0.1) is 31.5 Å². The standard InChI is InChI=1S/C20H34N2O2.C15H25NO.C11H14O.2C10H14O.C10H12O.C9H13NO.CH2Cl.2CH4.ClH.Li/c1-15(2)13-22(19(24)21-20(4,5)6)14-18(23)16(3)12-17-10-8-7-9-11-17;1-12(2)10-16-11-15(17)13(3)9-14-7-5-4-6-8-14;1-9(11-8-12-11)7-10-5-3-2-4-6-10;3*1-9(8-11)7-10-5-3-2-4-6-10;10-9(7-11)6-8-4-2-1-3-5-8;1-2;;;;/h7-11,15-16,18,23H,12-14H2,1-6H3,(H,21,24);4-8,12-13,15-17H,9-11H2,1-3H3;2-6,9,11H,7-8H2,1H3;2*2-6,9,11H,7-8H2,1H3;2-6,8-9H,7H2,1H3;1-5,9,11H,6-7,10H2;1H2;2*1H4;1H;/q;;;;;;;-1;;;;+1/t16-,18+;13-,15+;9-,11+;4*9-;;;;;/m0000000...../s1. The minimum atomic E-state index is -0.547. The van der Waals surface area contributed by atoms with Crippen molar-refractivity contribution in [2.75, 3.05) is 52.6 Å². The van der Waals surface area contributed by atoms with Crippen LogP contribution in [0.1, 0.15) is 144 Å². The first-order valence-corrected chi connectivity index (χ1v) is 36.2. The molecule has 1 aliphatic heterocycles. The van der Waals surface area contributed by atoms with Crippen LogP contribution >= 0.6 is 24.0 Å². The van der Waals surface area contributed by atoms with E-state index in [0.717, 1.165) is 64.4 Å². The molecule has 0 aromatic heterocycles. The Kier molecular flexibility index (Phi) is 64.0. The molecule has 7 aromatic rings. The molecule has 0 radical (unpaired) electrons. The molecule has 10 atom stereocenters. The van der Waals surface area contributed by atoms with Crippen molar-refractivity contribution in [3.05, 3.63) is 258 Å². The van der Waals surface area contributed by atoms with Gasteiger partial charge in [-0.15, -0.1) is 12.4 Å². The molecule has 15 heteroatoms. The van der Waals surface area contributed by atoms with Crippen LogP contribution in [0.3, 0.4) is 0 Å². The SMILES string of the molecule is C.C.CC(C)CN(C[C@@H](O)[C@@H](C)Cc1ccccc1)C(=O)NC(C)(C)C.CC(C)CNC[C@@H](O)[C@@H](C)Cc1ccccc1.C[C@@H](Cc1ccccc1)[C@H]1CO1.C[C@H](C=O)Cc1ccccc1.C[C@H](CO)Cc1ccccc1.C[C@H](CO)Cc1ccccc1.Cl.N[C@H](CO)Cc1ccccc1.[CH2-]Cl.[Li+]. The first-order chi connectivity index (χ1) is 47.3. The third-order valence-electron chi connectivity index (χ3n) is 15.9. The molecular weight excluding hydrogens is 1320 g/mol. The molecule has 103 heavy (non-hydrogen) atoms. The van der Waals surface area contributed by atoms with E-state index < -0.39 is 6.10 Å². The molecule has 8 rings (SSSR count). The molecule has 12 nitrogen and oxygen atoms in total. The van der Waals surface area contributed by atoms with E-state index in [2.05, 4.69) is 149 Å². The van der Waals surface area contributed by atoms with Crippen molar-refractivity contribution in [3.63, 3.8) is 0 Å². The number of aliphatic hydroxyl groups is 5. The molecule has 0 aliphatic carbocycles. The van der Waals surface area contributed by atoms with Gasteiger partial charge in [0.15, 0.2) is 0 Å². The zero-order valence-electron chi connectivity index (χ0n) is 63.8. The quantitative estimate of drug-likeness (QED) is 0.00965. The Hall–Kier alpha value is -5.66. The second-order valence-corrected chi connectivity index (χ2v) is 28.4. The largest absolute Gasteiger partial charge is 1.00 e. The number of ether oxygens (including phenoxy) is 1. The van der Waals surface area contributed by atoms with Crippen LogP contribution in [-0.4, -0.2) is 125 Å². The summed E-state index contributed by atoms with van der Waals surface area (Å²) in [6.07, 6.45) is 9.85. The third-order valence-corrected chi connectivity index (χ3v) is 15.9. The van der Waals surface area contributed by atoms with Crippen molar-refractivity contribution in [1.82, 2.24) is 15.5 Å². The number of hydrogen-bond acceptors (Lipinski definition) is 10. The molecule has 572 valence electrons. The molecule has 1 saturated heterocycles. The third kappa shape index (κ3) is 55.5. The molecule has 1 heterocycles. The number of halogens is 2. The number of urea groups is 1. The Balaban J connectivity index is -0.000000561. The van der Waals surface area contributed by atoms with E-state index in [4.69, 9.17) is 25.8 Å². The van der Waals surface area contributed by atoms with E-state index in [9.17, 15) is 19.8 Å². The van der Waals surface area contributed by atoms with Gasteiger partial charge < -0.3 is 67.9 Å². The molecule has 7 aromatic carbocycles. The second-order valence-electron chi connectivity index (χ2n) is 28.4. The van der Waals surface area contributed by atoms with Gasteiger partial charge in [-0.3, -0.25) is 6.38 Å².